The van der Waals surface area contributed by atoms with Gasteiger partial charge >= 0.3 is 21.5 Å². The highest BCUT2D eigenvalue weighted by Gasteiger charge is 2.49. The van der Waals surface area contributed by atoms with Gasteiger partial charge in [-0.1, -0.05) is 34.6 Å². The van der Waals surface area contributed by atoms with E-state index >= 15 is 0 Å². The maximum absolute atomic E-state index is 12.8. The Morgan fingerprint density at radius 3 is 2.07 bits per heavy atom. The zero-order valence-corrected chi connectivity index (χ0v) is 16.8. The maximum atomic E-state index is 12.8. The molecule has 1 fully saturated rings. The number of sulfonamides is 1. The van der Waals surface area contributed by atoms with Crippen LogP contribution in [0.3, 0.4) is 0 Å². The van der Waals surface area contributed by atoms with Crippen LogP contribution in [-0.2, 0) is 19.6 Å². The Morgan fingerprint density at radius 2 is 1.70 bits per heavy atom. The number of nitrogens with zero attached hydrogens (tertiary/aromatic N) is 1. The number of carboxylic acid groups (broad SMARTS) is 1. The molecule has 11 heteroatoms. The second kappa shape index (κ2) is 7.94. The smallest absolute Gasteiger partial charge is 0.480 e. The Balaban J connectivity index is 3.13. The van der Waals surface area contributed by atoms with Crippen LogP contribution in [0.4, 0.5) is 13.2 Å². The highest BCUT2D eigenvalue weighted by molar-refractivity contribution is 7.90. The van der Waals surface area contributed by atoms with Crippen molar-refractivity contribution in [1.29, 1.82) is 0 Å². The number of carboxylic acids is 1. The van der Waals surface area contributed by atoms with Gasteiger partial charge in [0.1, 0.15) is 12.1 Å². The molecule has 0 spiro atoms. The SMILES string of the molecule is CC(C)C(NS(=O)(=O)C(F)(F)F)C(=O)N1CC[C@H](C(C)(C)C)C[C@@H]1C(=O)O. The van der Waals surface area contributed by atoms with Crippen molar-refractivity contribution in [1.82, 2.24) is 9.62 Å². The van der Waals surface area contributed by atoms with Gasteiger partial charge in [0.25, 0.3) is 0 Å². The third kappa shape index (κ3) is 5.56. The van der Waals surface area contributed by atoms with Crippen molar-refractivity contribution in [2.75, 3.05) is 6.54 Å². The summed E-state index contributed by atoms with van der Waals surface area (Å²) in [6.45, 7) is 8.65. The summed E-state index contributed by atoms with van der Waals surface area (Å²) in [5.74, 6) is -3.02. The Hall–Kier alpha value is -1.36. The molecular formula is C16H27F3N2O5S. The van der Waals surface area contributed by atoms with Crippen LogP contribution < -0.4 is 4.72 Å². The van der Waals surface area contributed by atoms with E-state index in [0.29, 0.717) is 6.42 Å². The minimum absolute atomic E-state index is 0.00650. The Labute approximate surface area is 157 Å². The van der Waals surface area contributed by atoms with Crippen molar-refractivity contribution < 1.29 is 36.3 Å². The van der Waals surface area contributed by atoms with Gasteiger partial charge in [0.2, 0.25) is 5.91 Å². The third-order valence-corrected chi connectivity index (χ3v) is 6.09. The quantitative estimate of drug-likeness (QED) is 0.715. The normalized spacial score (nSPS) is 23.4. The molecule has 0 bridgehead atoms. The molecule has 1 amide bonds. The average Bonchev–Trinajstić information content (AvgIpc) is 2.49. The van der Waals surface area contributed by atoms with Crippen molar-refractivity contribution in [3.8, 4) is 0 Å². The number of alkyl halides is 3. The summed E-state index contributed by atoms with van der Waals surface area (Å²) in [5, 5.41) is 9.51. The molecule has 2 N–H and O–H groups in total. The van der Waals surface area contributed by atoms with Crippen molar-refractivity contribution in [2.24, 2.45) is 17.3 Å². The predicted octanol–water partition coefficient (Wildman–Crippen LogP) is 2.19. The summed E-state index contributed by atoms with van der Waals surface area (Å²) in [6.07, 6.45) is 0.636. The monoisotopic (exact) mass is 416 g/mol. The number of carbonyl (C=O) groups excluding carboxylic acids is 1. The first kappa shape index (κ1) is 23.7. The second-order valence-electron chi connectivity index (χ2n) is 8.26. The number of halogens is 3. The Kier molecular flexibility index (Phi) is 6.96. The molecule has 27 heavy (non-hydrogen) atoms. The van der Waals surface area contributed by atoms with E-state index in [9.17, 15) is 36.3 Å². The molecule has 1 unspecified atom stereocenters. The van der Waals surface area contributed by atoms with E-state index in [0.717, 1.165) is 4.90 Å². The van der Waals surface area contributed by atoms with E-state index < -0.39 is 45.4 Å². The molecule has 0 aromatic heterocycles. The van der Waals surface area contributed by atoms with E-state index in [1.54, 1.807) is 0 Å². The molecule has 7 nitrogen and oxygen atoms in total. The molecule has 0 aromatic carbocycles. The predicted molar refractivity (Wildman–Crippen MR) is 92.1 cm³/mol. The lowest BCUT2D eigenvalue weighted by Crippen LogP contribution is -2.59. The van der Waals surface area contributed by atoms with Crippen molar-refractivity contribution in [3.05, 3.63) is 0 Å². The fourth-order valence-electron chi connectivity index (χ4n) is 3.13. The molecule has 1 rings (SSSR count). The van der Waals surface area contributed by atoms with Crippen LogP contribution in [0.5, 0.6) is 0 Å². The molecule has 0 saturated carbocycles. The van der Waals surface area contributed by atoms with E-state index in [4.69, 9.17) is 0 Å². The number of likely N-dealkylation sites (tertiary alicyclic amines) is 1. The van der Waals surface area contributed by atoms with E-state index in [1.165, 1.54) is 18.6 Å². The fourth-order valence-corrected chi connectivity index (χ4v) is 3.98. The topological polar surface area (TPSA) is 104 Å². The lowest BCUT2D eigenvalue weighted by atomic mass is 9.73. The molecule has 1 aliphatic rings. The van der Waals surface area contributed by atoms with Gasteiger partial charge in [-0.2, -0.15) is 17.9 Å². The molecule has 0 aliphatic carbocycles. The first-order valence-electron chi connectivity index (χ1n) is 8.61. The lowest BCUT2D eigenvalue weighted by Gasteiger charge is -2.43. The summed E-state index contributed by atoms with van der Waals surface area (Å²) in [4.78, 5) is 25.4. The number of piperidine rings is 1. The molecular weight excluding hydrogens is 389 g/mol. The van der Waals surface area contributed by atoms with Crippen LogP contribution in [-0.4, -0.2) is 54.4 Å². The number of carbonyl (C=O) groups is 2. The Bertz CT molecular complexity index is 671. The number of aliphatic carboxylic acids is 1. The summed E-state index contributed by atoms with van der Waals surface area (Å²) >= 11 is 0. The number of rotatable bonds is 5. The summed E-state index contributed by atoms with van der Waals surface area (Å²) in [7, 11) is -5.74. The first-order chi connectivity index (χ1) is 12.0. The van der Waals surface area contributed by atoms with E-state index in [-0.39, 0.29) is 24.3 Å². The van der Waals surface area contributed by atoms with Gasteiger partial charge in [-0.3, -0.25) is 4.79 Å². The highest BCUT2D eigenvalue weighted by atomic mass is 32.2. The first-order valence-corrected chi connectivity index (χ1v) is 10.1. The minimum atomic E-state index is -5.74. The minimum Gasteiger partial charge on any atom is -0.480 e. The molecule has 3 atom stereocenters. The summed E-state index contributed by atoms with van der Waals surface area (Å²) in [5.41, 5.74) is -5.76. The van der Waals surface area contributed by atoms with Crippen molar-refractivity contribution in [3.63, 3.8) is 0 Å². The molecule has 0 radical (unpaired) electrons. The van der Waals surface area contributed by atoms with E-state index in [2.05, 4.69) is 0 Å². The lowest BCUT2D eigenvalue weighted by molar-refractivity contribution is -0.155. The summed E-state index contributed by atoms with van der Waals surface area (Å²) in [6, 6.07) is -2.92. The van der Waals surface area contributed by atoms with Crippen LogP contribution >= 0.6 is 0 Å². The molecule has 1 aliphatic heterocycles. The largest absolute Gasteiger partial charge is 0.511 e. The van der Waals surface area contributed by atoms with E-state index in [1.807, 2.05) is 20.8 Å². The number of hydrogen-bond acceptors (Lipinski definition) is 4. The van der Waals surface area contributed by atoms with Gasteiger partial charge in [-0.15, -0.1) is 0 Å². The van der Waals surface area contributed by atoms with Gasteiger partial charge in [0.05, 0.1) is 0 Å². The van der Waals surface area contributed by atoms with Crippen LogP contribution in [0.25, 0.3) is 0 Å². The van der Waals surface area contributed by atoms with Gasteiger partial charge in [-0.05, 0) is 30.1 Å². The van der Waals surface area contributed by atoms with Gasteiger partial charge in [-0.25, -0.2) is 13.2 Å². The van der Waals surface area contributed by atoms with Crippen LogP contribution in [0.1, 0.15) is 47.5 Å². The zero-order valence-electron chi connectivity index (χ0n) is 16.0. The number of nitrogens with one attached hydrogen (secondary N) is 1. The molecule has 0 aromatic rings. The molecule has 158 valence electrons. The fraction of sp³-hybridized carbons (Fsp3) is 0.875. The summed E-state index contributed by atoms with van der Waals surface area (Å²) < 4.78 is 62.3. The van der Waals surface area contributed by atoms with Gasteiger partial charge < -0.3 is 10.0 Å². The average molecular weight is 416 g/mol. The second-order valence-corrected chi connectivity index (χ2v) is 9.97. The highest BCUT2D eigenvalue weighted by Crippen LogP contribution is 2.37. The standard InChI is InChI=1S/C16H27F3N2O5S/c1-9(2)12(20-27(25,26)16(17,18)19)13(22)21-7-6-10(15(3,4)5)8-11(21)14(23)24/h9-12,20H,6-8H2,1-5H3,(H,23,24)/t10-,11+,12?/m0/s1. The van der Waals surface area contributed by atoms with Crippen LogP contribution in [0, 0.1) is 17.3 Å². The number of amides is 1. The van der Waals surface area contributed by atoms with Gasteiger partial charge in [0, 0.05) is 6.54 Å². The zero-order chi connectivity index (χ0) is 21.4. The van der Waals surface area contributed by atoms with Crippen molar-refractivity contribution in [2.45, 2.75) is 65.1 Å². The maximum Gasteiger partial charge on any atom is 0.511 e. The van der Waals surface area contributed by atoms with Crippen LogP contribution in [0.15, 0.2) is 0 Å². The van der Waals surface area contributed by atoms with Crippen molar-refractivity contribution >= 4 is 21.9 Å². The molecule has 1 heterocycles. The Morgan fingerprint density at radius 1 is 1.19 bits per heavy atom. The van der Waals surface area contributed by atoms with Gasteiger partial charge in [0.15, 0.2) is 0 Å². The third-order valence-electron chi connectivity index (χ3n) is 4.91. The number of hydrogen-bond donors (Lipinski definition) is 2. The molecule has 1 saturated heterocycles. The van der Waals surface area contributed by atoms with Crippen LogP contribution in [0.2, 0.25) is 0 Å².